The van der Waals surface area contributed by atoms with Gasteiger partial charge in [-0.1, -0.05) is 29.3 Å². The summed E-state index contributed by atoms with van der Waals surface area (Å²) in [5.74, 6) is -2.36. The van der Waals surface area contributed by atoms with Crippen molar-refractivity contribution in [2.75, 3.05) is 18.5 Å². The largest absolute Gasteiger partial charge is 0.454 e. The van der Waals surface area contributed by atoms with E-state index >= 15 is 0 Å². The zero-order valence-electron chi connectivity index (χ0n) is 12.7. The second-order valence-corrected chi connectivity index (χ2v) is 5.92. The predicted octanol–water partition coefficient (Wildman–Crippen LogP) is 1.93. The van der Waals surface area contributed by atoms with Gasteiger partial charge in [-0.2, -0.15) is 0 Å². The van der Waals surface area contributed by atoms with Crippen LogP contribution in [0.1, 0.15) is 18.4 Å². The molecular formula is C15H14Cl2N2O5. The van der Waals surface area contributed by atoms with Crippen molar-refractivity contribution in [3.8, 4) is 0 Å². The van der Waals surface area contributed by atoms with Gasteiger partial charge in [0.15, 0.2) is 6.61 Å². The lowest BCUT2D eigenvalue weighted by atomic mass is 10.2. The van der Waals surface area contributed by atoms with Crippen molar-refractivity contribution in [2.45, 2.75) is 19.8 Å². The highest BCUT2D eigenvalue weighted by Gasteiger charge is 2.31. The number of anilines is 1. The lowest BCUT2D eigenvalue weighted by Crippen LogP contribution is -2.36. The minimum absolute atomic E-state index is 0.0803. The first-order chi connectivity index (χ1) is 11.3. The number of aryl methyl sites for hydroxylation is 1. The molecule has 0 saturated carbocycles. The second kappa shape index (κ2) is 7.63. The number of amides is 3. The van der Waals surface area contributed by atoms with Gasteiger partial charge in [0.25, 0.3) is 5.91 Å². The summed E-state index contributed by atoms with van der Waals surface area (Å²) in [7, 11) is 0. The van der Waals surface area contributed by atoms with Gasteiger partial charge in [0.1, 0.15) is 6.54 Å². The zero-order chi connectivity index (χ0) is 17.9. The smallest absolute Gasteiger partial charge is 0.326 e. The third-order valence-corrected chi connectivity index (χ3v) is 4.16. The van der Waals surface area contributed by atoms with Crippen molar-refractivity contribution in [1.82, 2.24) is 4.90 Å². The molecule has 1 aliphatic heterocycles. The minimum atomic E-state index is -0.852. The molecule has 0 atom stereocenters. The summed E-state index contributed by atoms with van der Waals surface area (Å²) >= 11 is 12.0. The van der Waals surface area contributed by atoms with E-state index < -0.39 is 36.8 Å². The molecule has 1 fully saturated rings. The van der Waals surface area contributed by atoms with Gasteiger partial charge >= 0.3 is 5.97 Å². The predicted molar refractivity (Wildman–Crippen MR) is 86.7 cm³/mol. The summed E-state index contributed by atoms with van der Waals surface area (Å²) in [4.78, 5) is 47.1. The van der Waals surface area contributed by atoms with Crippen LogP contribution in [0, 0.1) is 6.92 Å². The molecule has 7 nitrogen and oxygen atoms in total. The summed E-state index contributed by atoms with van der Waals surface area (Å²) in [6.07, 6.45) is 0.161. The summed E-state index contributed by atoms with van der Waals surface area (Å²) in [6.45, 7) is 0.658. The maximum atomic E-state index is 11.8. The Hall–Kier alpha value is -2.12. The molecule has 0 aliphatic carbocycles. The van der Waals surface area contributed by atoms with Crippen molar-refractivity contribution in [2.24, 2.45) is 0 Å². The van der Waals surface area contributed by atoms with E-state index in [1.807, 2.05) is 0 Å². The number of hydrogen-bond acceptors (Lipinski definition) is 5. The molecule has 9 heteroatoms. The summed E-state index contributed by atoms with van der Waals surface area (Å²) in [5, 5.41) is 2.99. The van der Waals surface area contributed by atoms with Crippen molar-refractivity contribution in [3.63, 3.8) is 0 Å². The average Bonchev–Trinajstić information content (AvgIpc) is 2.85. The highest BCUT2D eigenvalue weighted by molar-refractivity contribution is 6.40. The van der Waals surface area contributed by atoms with E-state index in [4.69, 9.17) is 27.9 Å². The van der Waals surface area contributed by atoms with E-state index in [-0.39, 0.29) is 28.6 Å². The maximum absolute atomic E-state index is 11.8. The Balaban J connectivity index is 1.87. The molecule has 0 bridgehead atoms. The molecule has 1 N–H and O–H groups in total. The molecule has 1 saturated heterocycles. The van der Waals surface area contributed by atoms with Gasteiger partial charge in [0, 0.05) is 12.8 Å². The van der Waals surface area contributed by atoms with E-state index in [9.17, 15) is 19.2 Å². The quantitative estimate of drug-likeness (QED) is 0.629. The van der Waals surface area contributed by atoms with Crippen LogP contribution in [0.3, 0.4) is 0 Å². The van der Waals surface area contributed by atoms with E-state index in [1.54, 1.807) is 19.1 Å². The molecule has 1 aromatic rings. The van der Waals surface area contributed by atoms with E-state index in [1.165, 1.54) is 0 Å². The number of nitrogens with one attached hydrogen (secondary N) is 1. The lowest BCUT2D eigenvalue weighted by Gasteiger charge is -2.13. The van der Waals surface area contributed by atoms with Crippen molar-refractivity contribution >= 4 is 52.6 Å². The third kappa shape index (κ3) is 4.24. The number of ether oxygens (including phenoxy) is 1. The Kier molecular flexibility index (Phi) is 5.80. The first-order valence-corrected chi connectivity index (χ1v) is 7.78. The molecule has 1 aromatic carbocycles. The van der Waals surface area contributed by atoms with Gasteiger partial charge in [-0.25, -0.2) is 0 Å². The Morgan fingerprint density at radius 3 is 2.46 bits per heavy atom. The number of nitrogens with zero attached hydrogens (tertiary/aromatic N) is 1. The Morgan fingerprint density at radius 2 is 1.83 bits per heavy atom. The number of carbonyl (C=O) groups excluding carboxylic acids is 4. The van der Waals surface area contributed by atoms with Crippen LogP contribution in [0.2, 0.25) is 10.0 Å². The van der Waals surface area contributed by atoms with Crippen LogP contribution < -0.4 is 5.32 Å². The van der Waals surface area contributed by atoms with Crippen LogP contribution in [0.15, 0.2) is 12.1 Å². The highest BCUT2D eigenvalue weighted by atomic mass is 35.5. The number of imide groups is 1. The first-order valence-electron chi connectivity index (χ1n) is 7.03. The van der Waals surface area contributed by atoms with Crippen LogP contribution in [-0.2, 0) is 23.9 Å². The molecule has 24 heavy (non-hydrogen) atoms. The molecule has 1 heterocycles. The fraction of sp³-hybridized carbons (Fsp3) is 0.333. The van der Waals surface area contributed by atoms with Crippen LogP contribution in [-0.4, -0.2) is 41.7 Å². The fourth-order valence-electron chi connectivity index (χ4n) is 2.07. The molecule has 3 amide bonds. The minimum Gasteiger partial charge on any atom is -0.454 e. The number of esters is 1. The average molecular weight is 373 g/mol. The van der Waals surface area contributed by atoms with E-state index in [2.05, 4.69) is 5.32 Å². The maximum Gasteiger partial charge on any atom is 0.326 e. The Labute approximate surface area is 147 Å². The summed E-state index contributed by atoms with van der Waals surface area (Å²) in [6, 6.07) is 3.28. The topological polar surface area (TPSA) is 92.8 Å². The van der Waals surface area contributed by atoms with Crippen molar-refractivity contribution < 1.29 is 23.9 Å². The van der Waals surface area contributed by atoms with Gasteiger partial charge in [0.2, 0.25) is 11.8 Å². The number of halogens is 2. The lowest BCUT2D eigenvalue weighted by molar-refractivity contribution is -0.153. The number of likely N-dealkylation sites (tertiary alicyclic amines) is 1. The molecule has 0 unspecified atom stereocenters. The summed E-state index contributed by atoms with van der Waals surface area (Å²) in [5.41, 5.74) is 0.948. The zero-order valence-corrected chi connectivity index (χ0v) is 14.2. The number of rotatable bonds is 5. The Bertz CT molecular complexity index is 704. The van der Waals surface area contributed by atoms with E-state index in [0.717, 1.165) is 10.5 Å². The molecule has 0 spiro atoms. The van der Waals surface area contributed by atoms with Crippen molar-refractivity contribution in [1.29, 1.82) is 0 Å². The molecule has 2 rings (SSSR count). The number of hydrogen-bond donors (Lipinski definition) is 1. The molecule has 1 aliphatic rings. The van der Waals surface area contributed by atoms with Gasteiger partial charge in [0.05, 0.1) is 15.7 Å². The van der Waals surface area contributed by atoms with Crippen LogP contribution in [0.4, 0.5) is 5.69 Å². The molecule has 128 valence electrons. The number of carbonyl (C=O) groups is 4. The van der Waals surface area contributed by atoms with Crippen LogP contribution in [0.5, 0.6) is 0 Å². The monoisotopic (exact) mass is 372 g/mol. The van der Waals surface area contributed by atoms with Crippen LogP contribution >= 0.6 is 23.2 Å². The normalized spacial score (nSPS) is 14.0. The SMILES string of the molecule is Cc1ccc(Cl)c(NC(=O)COC(=O)CN2C(=O)CCC2=O)c1Cl. The fourth-order valence-corrected chi connectivity index (χ4v) is 2.53. The Morgan fingerprint density at radius 1 is 1.21 bits per heavy atom. The van der Waals surface area contributed by atoms with Crippen LogP contribution in [0.25, 0.3) is 0 Å². The number of benzene rings is 1. The second-order valence-electron chi connectivity index (χ2n) is 5.14. The highest BCUT2D eigenvalue weighted by Crippen LogP contribution is 2.32. The van der Waals surface area contributed by atoms with Gasteiger partial charge < -0.3 is 10.1 Å². The van der Waals surface area contributed by atoms with E-state index in [0.29, 0.717) is 0 Å². The van der Waals surface area contributed by atoms with Gasteiger partial charge in [-0.05, 0) is 18.6 Å². The third-order valence-electron chi connectivity index (χ3n) is 3.35. The standard InChI is InChI=1S/C15H14Cl2N2O5/c1-8-2-3-9(16)15(14(8)17)18-10(20)7-24-13(23)6-19-11(21)4-5-12(19)22/h2-3H,4-7H2,1H3,(H,18,20). The van der Waals surface area contributed by atoms with Gasteiger partial charge in [-0.15, -0.1) is 0 Å². The molecular weight excluding hydrogens is 359 g/mol. The summed E-state index contributed by atoms with van der Waals surface area (Å²) < 4.78 is 4.76. The molecule has 0 radical (unpaired) electrons. The molecule has 0 aromatic heterocycles. The first kappa shape index (κ1) is 18.2. The van der Waals surface area contributed by atoms with Crippen molar-refractivity contribution in [3.05, 3.63) is 27.7 Å². The van der Waals surface area contributed by atoms with Gasteiger partial charge in [-0.3, -0.25) is 24.1 Å².